The average Bonchev–Trinajstić information content (AvgIpc) is 2.26. The standard InChI is InChI=1S/C11H22N2S/c1-2-3-4-7-13-11(10-12)5-8-14-9-6-11/h2-3,13H,4-10,12H2,1H3/b3-2+. The van der Waals surface area contributed by atoms with E-state index in [1.807, 2.05) is 11.8 Å². The van der Waals surface area contributed by atoms with Crippen LogP contribution in [0.1, 0.15) is 26.2 Å². The number of nitrogens with one attached hydrogen (secondary N) is 1. The van der Waals surface area contributed by atoms with Crippen LogP contribution in [0.4, 0.5) is 0 Å². The summed E-state index contributed by atoms with van der Waals surface area (Å²) in [5.41, 5.74) is 6.11. The van der Waals surface area contributed by atoms with Gasteiger partial charge in [-0.25, -0.2) is 0 Å². The molecule has 14 heavy (non-hydrogen) atoms. The molecule has 82 valence electrons. The zero-order chi connectivity index (χ0) is 10.3. The van der Waals surface area contributed by atoms with Gasteiger partial charge in [-0.1, -0.05) is 12.2 Å². The molecule has 0 atom stereocenters. The Balaban J connectivity index is 2.28. The number of hydrogen-bond donors (Lipinski definition) is 2. The molecule has 1 heterocycles. The third-order valence-corrected chi connectivity index (χ3v) is 3.87. The molecule has 0 amide bonds. The fourth-order valence-corrected chi connectivity index (χ4v) is 3.08. The Morgan fingerprint density at radius 1 is 1.43 bits per heavy atom. The summed E-state index contributed by atoms with van der Waals surface area (Å²) in [6, 6.07) is 0. The van der Waals surface area contributed by atoms with Gasteiger partial charge in [0.2, 0.25) is 0 Å². The van der Waals surface area contributed by atoms with Crippen LogP contribution < -0.4 is 11.1 Å². The lowest BCUT2D eigenvalue weighted by molar-refractivity contribution is 0.312. The number of hydrogen-bond acceptors (Lipinski definition) is 3. The minimum absolute atomic E-state index is 0.243. The summed E-state index contributed by atoms with van der Waals surface area (Å²) in [5.74, 6) is 2.52. The highest BCUT2D eigenvalue weighted by Gasteiger charge is 2.29. The van der Waals surface area contributed by atoms with E-state index in [0.717, 1.165) is 19.5 Å². The Morgan fingerprint density at radius 2 is 2.14 bits per heavy atom. The van der Waals surface area contributed by atoms with Gasteiger partial charge in [-0.15, -0.1) is 0 Å². The van der Waals surface area contributed by atoms with Crippen molar-refractivity contribution in [3.8, 4) is 0 Å². The molecule has 2 nitrogen and oxygen atoms in total. The second-order valence-electron chi connectivity index (χ2n) is 3.88. The molecule has 0 bridgehead atoms. The van der Waals surface area contributed by atoms with Gasteiger partial charge in [0.1, 0.15) is 0 Å². The van der Waals surface area contributed by atoms with E-state index in [1.54, 1.807) is 0 Å². The van der Waals surface area contributed by atoms with Gasteiger partial charge >= 0.3 is 0 Å². The highest BCUT2D eigenvalue weighted by atomic mass is 32.2. The molecule has 0 aromatic rings. The molecule has 3 heteroatoms. The van der Waals surface area contributed by atoms with Crippen LogP contribution >= 0.6 is 11.8 Å². The van der Waals surface area contributed by atoms with Crippen LogP contribution in [0.5, 0.6) is 0 Å². The zero-order valence-electron chi connectivity index (χ0n) is 9.09. The zero-order valence-corrected chi connectivity index (χ0v) is 9.91. The fourth-order valence-electron chi connectivity index (χ4n) is 1.80. The third-order valence-electron chi connectivity index (χ3n) is 2.89. The molecule has 0 unspecified atom stereocenters. The molecular formula is C11H22N2S. The van der Waals surface area contributed by atoms with Crippen molar-refractivity contribution < 1.29 is 0 Å². The summed E-state index contributed by atoms with van der Waals surface area (Å²) in [5, 5.41) is 3.63. The van der Waals surface area contributed by atoms with E-state index < -0.39 is 0 Å². The highest BCUT2D eigenvalue weighted by molar-refractivity contribution is 7.99. The van der Waals surface area contributed by atoms with Gasteiger partial charge < -0.3 is 11.1 Å². The Morgan fingerprint density at radius 3 is 2.71 bits per heavy atom. The SMILES string of the molecule is C/C=C/CCNC1(CN)CCSCC1. The van der Waals surface area contributed by atoms with Crippen molar-refractivity contribution in [3.05, 3.63) is 12.2 Å². The smallest absolute Gasteiger partial charge is 0.0319 e. The van der Waals surface area contributed by atoms with Crippen LogP contribution in [-0.4, -0.2) is 30.1 Å². The molecule has 0 spiro atoms. The Kier molecular flexibility index (Phi) is 5.60. The first-order valence-corrected chi connectivity index (χ1v) is 6.62. The summed E-state index contributed by atoms with van der Waals surface area (Å²) in [6.45, 7) is 3.91. The van der Waals surface area contributed by atoms with E-state index in [0.29, 0.717) is 0 Å². The lowest BCUT2D eigenvalue weighted by atomic mass is 9.92. The maximum absolute atomic E-state index is 5.86. The molecule has 0 aromatic heterocycles. The lowest BCUT2D eigenvalue weighted by Crippen LogP contribution is -2.53. The third kappa shape index (κ3) is 3.64. The van der Waals surface area contributed by atoms with Gasteiger partial charge in [-0.2, -0.15) is 11.8 Å². The predicted octanol–water partition coefficient (Wildman–Crippen LogP) is 1.77. The summed E-state index contributed by atoms with van der Waals surface area (Å²) in [4.78, 5) is 0. The first kappa shape index (κ1) is 12.1. The number of nitrogens with two attached hydrogens (primary N) is 1. The van der Waals surface area contributed by atoms with E-state index in [1.165, 1.54) is 24.3 Å². The summed E-state index contributed by atoms with van der Waals surface area (Å²) < 4.78 is 0. The summed E-state index contributed by atoms with van der Waals surface area (Å²) in [7, 11) is 0. The monoisotopic (exact) mass is 214 g/mol. The van der Waals surface area contributed by atoms with Crippen molar-refractivity contribution in [3.63, 3.8) is 0 Å². The minimum atomic E-state index is 0.243. The van der Waals surface area contributed by atoms with Crippen molar-refractivity contribution >= 4 is 11.8 Å². The second-order valence-corrected chi connectivity index (χ2v) is 5.11. The molecule has 0 aliphatic carbocycles. The van der Waals surface area contributed by atoms with Crippen LogP contribution in [0.2, 0.25) is 0 Å². The van der Waals surface area contributed by atoms with Crippen LogP contribution in [0.3, 0.4) is 0 Å². The van der Waals surface area contributed by atoms with Gasteiger partial charge in [-0.3, -0.25) is 0 Å². The largest absolute Gasteiger partial charge is 0.329 e. The molecule has 1 aliphatic heterocycles. The topological polar surface area (TPSA) is 38.0 Å². The molecule has 0 radical (unpaired) electrons. The fraction of sp³-hybridized carbons (Fsp3) is 0.818. The first-order valence-electron chi connectivity index (χ1n) is 5.47. The molecule has 3 N–H and O–H groups in total. The summed E-state index contributed by atoms with van der Waals surface area (Å²) >= 11 is 2.05. The van der Waals surface area contributed by atoms with E-state index in [9.17, 15) is 0 Å². The van der Waals surface area contributed by atoms with Crippen LogP contribution in [0.15, 0.2) is 12.2 Å². The van der Waals surface area contributed by atoms with Gasteiger partial charge in [0.25, 0.3) is 0 Å². The van der Waals surface area contributed by atoms with Gasteiger partial charge in [-0.05, 0) is 44.2 Å². The molecular weight excluding hydrogens is 192 g/mol. The van der Waals surface area contributed by atoms with E-state index in [2.05, 4.69) is 24.4 Å². The van der Waals surface area contributed by atoms with Crippen LogP contribution in [-0.2, 0) is 0 Å². The molecule has 0 aromatic carbocycles. The maximum atomic E-state index is 5.86. The minimum Gasteiger partial charge on any atom is -0.329 e. The van der Waals surface area contributed by atoms with Crippen molar-refractivity contribution in [1.82, 2.24) is 5.32 Å². The predicted molar refractivity (Wildman–Crippen MR) is 65.8 cm³/mol. The highest BCUT2D eigenvalue weighted by Crippen LogP contribution is 2.25. The Bertz CT molecular complexity index is 174. The molecule has 1 fully saturated rings. The van der Waals surface area contributed by atoms with Gasteiger partial charge in [0, 0.05) is 12.1 Å². The van der Waals surface area contributed by atoms with Crippen molar-refractivity contribution in [2.75, 3.05) is 24.6 Å². The van der Waals surface area contributed by atoms with E-state index >= 15 is 0 Å². The van der Waals surface area contributed by atoms with Crippen molar-refractivity contribution in [2.24, 2.45) is 5.73 Å². The Hall–Kier alpha value is 0.0100. The summed E-state index contributed by atoms with van der Waals surface area (Å²) in [6.07, 6.45) is 7.88. The number of allylic oxidation sites excluding steroid dienone is 1. The van der Waals surface area contributed by atoms with Crippen LogP contribution in [0.25, 0.3) is 0 Å². The molecule has 1 aliphatic rings. The van der Waals surface area contributed by atoms with Crippen LogP contribution in [0, 0.1) is 0 Å². The first-order chi connectivity index (χ1) is 6.83. The quantitative estimate of drug-likeness (QED) is 0.541. The number of rotatable bonds is 5. The van der Waals surface area contributed by atoms with Gasteiger partial charge in [0.05, 0.1) is 0 Å². The van der Waals surface area contributed by atoms with E-state index in [-0.39, 0.29) is 5.54 Å². The molecule has 1 rings (SSSR count). The average molecular weight is 214 g/mol. The number of thioether (sulfide) groups is 1. The van der Waals surface area contributed by atoms with Gasteiger partial charge in [0.15, 0.2) is 0 Å². The lowest BCUT2D eigenvalue weighted by Gasteiger charge is -2.37. The maximum Gasteiger partial charge on any atom is 0.0319 e. The molecule has 0 saturated carbocycles. The normalized spacial score (nSPS) is 21.6. The van der Waals surface area contributed by atoms with Crippen molar-refractivity contribution in [2.45, 2.75) is 31.7 Å². The molecule has 1 saturated heterocycles. The Labute approximate surface area is 91.7 Å². The van der Waals surface area contributed by atoms with E-state index in [4.69, 9.17) is 5.73 Å². The second kappa shape index (κ2) is 6.49. The van der Waals surface area contributed by atoms with Crippen molar-refractivity contribution in [1.29, 1.82) is 0 Å².